The van der Waals surface area contributed by atoms with Gasteiger partial charge in [-0.15, -0.1) is 11.3 Å². The van der Waals surface area contributed by atoms with E-state index in [0.717, 1.165) is 32.5 Å². The van der Waals surface area contributed by atoms with Gasteiger partial charge in [0.05, 0.1) is 23.9 Å². The van der Waals surface area contributed by atoms with Crippen LogP contribution < -0.4 is 5.56 Å². The van der Waals surface area contributed by atoms with Gasteiger partial charge in [-0.3, -0.25) is 9.36 Å². The summed E-state index contributed by atoms with van der Waals surface area (Å²) in [6.07, 6.45) is 5.83. The molecular formula is C17H23N3O3S. The van der Waals surface area contributed by atoms with Crippen molar-refractivity contribution in [2.45, 2.75) is 39.2 Å². The smallest absolute Gasteiger partial charge is 0.339 e. The first-order valence-electron chi connectivity index (χ1n) is 8.57. The lowest BCUT2D eigenvalue weighted by molar-refractivity contribution is 0.0502. The van der Waals surface area contributed by atoms with Crippen LogP contribution in [0.15, 0.2) is 16.5 Å². The number of carbonyl (C=O) groups excluding carboxylic acids is 1. The Kier molecular flexibility index (Phi) is 5.63. The predicted octanol–water partition coefficient (Wildman–Crippen LogP) is 2.51. The molecule has 3 rings (SSSR count). The van der Waals surface area contributed by atoms with Gasteiger partial charge in [0, 0.05) is 18.5 Å². The van der Waals surface area contributed by atoms with Crippen LogP contribution in [0.25, 0.3) is 10.2 Å². The molecule has 0 spiro atoms. The van der Waals surface area contributed by atoms with Gasteiger partial charge in [-0.1, -0.05) is 13.3 Å². The summed E-state index contributed by atoms with van der Waals surface area (Å²) in [5.74, 6) is -0.425. The van der Waals surface area contributed by atoms with Crippen LogP contribution in [0.3, 0.4) is 0 Å². The SMILES string of the molecule is CCCCOC(=O)c1csc2ncn(CCN3CCCC3)c(=O)c12. The Morgan fingerprint density at radius 1 is 1.33 bits per heavy atom. The van der Waals surface area contributed by atoms with E-state index < -0.39 is 5.97 Å². The van der Waals surface area contributed by atoms with E-state index in [2.05, 4.69) is 9.88 Å². The van der Waals surface area contributed by atoms with Crippen LogP contribution in [0.2, 0.25) is 0 Å². The Morgan fingerprint density at radius 2 is 2.12 bits per heavy atom. The molecule has 0 bridgehead atoms. The Bertz CT molecular complexity index is 762. The molecule has 0 amide bonds. The first-order chi connectivity index (χ1) is 11.7. The van der Waals surface area contributed by atoms with Crippen LogP contribution in [-0.4, -0.2) is 46.7 Å². The fraction of sp³-hybridized carbons (Fsp3) is 0.588. The minimum absolute atomic E-state index is 0.150. The van der Waals surface area contributed by atoms with E-state index in [4.69, 9.17) is 4.74 Å². The molecule has 24 heavy (non-hydrogen) atoms. The molecule has 130 valence electrons. The van der Waals surface area contributed by atoms with Crippen molar-refractivity contribution in [2.75, 3.05) is 26.2 Å². The van der Waals surface area contributed by atoms with E-state index in [0.29, 0.717) is 28.9 Å². The zero-order chi connectivity index (χ0) is 16.9. The number of unbranched alkanes of at least 4 members (excludes halogenated alkanes) is 1. The molecule has 1 aliphatic rings. The lowest BCUT2D eigenvalue weighted by Gasteiger charge is -2.15. The van der Waals surface area contributed by atoms with Crippen LogP contribution in [-0.2, 0) is 11.3 Å². The van der Waals surface area contributed by atoms with Gasteiger partial charge in [-0.2, -0.15) is 0 Å². The minimum atomic E-state index is -0.425. The van der Waals surface area contributed by atoms with Crippen molar-refractivity contribution >= 4 is 27.5 Å². The van der Waals surface area contributed by atoms with Crippen molar-refractivity contribution in [2.24, 2.45) is 0 Å². The number of hydrogen-bond acceptors (Lipinski definition) is 6. The van der Waals surface area contributed by atoms with Crippen LogP contribution in [0.1, 0.15) is 43.0 Å². The molecule has 3 heterocycles. The zero-order valence-electron chi connectivity index (χ0n) is 14.0. The Labute approximate surface area is 145 Å². The fourth-order valence-corrected chi connectivity index (χ4v) is 3.79. The Balaban J connectivity index is 1.79. The highest BCUT2D eigenvalue weighted by atomic mass is 32.1. The summed E-state index contributed by atoms with van der Waals surface area (Å²) in [5, 5.41) is 2.07. The summed E-state index contributed by atoms with van der Waals surface area (Å²) in [7, 11) is 0. The van der Waals surface area contributed by atoms with Crippen molar-refractivity contribution in [3.63, 3.8) is 0 Å². The number of likely N-dealkylation sites (tertiary alicyclic amines) is 1. The number of thiophene rings is 1. The number of aromatic nitrogens is 2. The maximum absolute atomic E-state index is 12.8. The van der Waals surface area contributed by atoms with Gasteiger partial charge in [-0.05, 0) is 32.4 Å². The molecule has 1 saturated heterocycles. The molecule has 2 aromatic rings. The van der Waals surface area contributed by atoms with Gasteiger partial charge in [0.1, 0.15) is 4.83 Å². The number of ether oxygens (including phenoxy) is 1. The average molecular weight is 349 g/mol. The standard InChI is InChI=1S/C17H23N3O3S/c1-2-3-10-23-17(22)13-11-24-15-14(13)16(21)20(12-18-15)9-8-19-6-4-5-7-19/h11-12H,2-10H2,1H3. The summed E-state index contributed by atoms with van der Waals surface area (Å²) in [6, 6.07) is 0. The highest BCUT2D eigenvalue weighted by molar-refractivity contribution is 7.17. The molecule has 0 aromatic carbocycles. The number of carbonyl (C=O) groups is 1. The van der Waals surface area contributed by atoms with Gasteiger partial charge < -0.3 is 9.64 Å². The molecule has 2 aromatic heterocycles. The summed E-state index contributed by atoms with van der Waals surface area (Å²) in [6.45, 7) is 6.05. The van der Waals surface area contributed by atoms with Crippen molar-refractivity contribution in [1.82, 2.24) is 14.5 Å². The van der Waals surface area contributed by atoms with Crippen LogP contribution in [0, 0.1) is 0 Å². The molecule has 0 unspecified atom stereocenters. The topological polar surface area (TPSA) is 64.4 Å². The quantitative estimate of drug-likeness (QED) is 0.568. The molecule has 1 aliphatic heterocycles. The van der Waals surface area contributed by atoms with Crippen LogP contribution >= 0.6 is 11.3 Å². The van der Waals surface area contributed by atoms with E-state index in [1.54, 1.807) is 16.3 Å². The molecule has 0 aliphatic carbocycles. The molecular weight excluding hydrogens is 326 g/mol. The van der Waals surface area contributed by atoms with E-state index in [9.17, 15) is 9.59 Å². The van der Waals surface area contributed by atoms with Crippen LogP contribution in [0.5, 0.6) is 0 Å². The van der Waals surface area contributed by atoms with Gasteiger partial charge in [0.25, 0.3) is 5.56 Å². The maximum atomic E-state index is 12.8. The van der Waals surface area contributed by atoms with Crippen molar-refractivity contribution in [3.05, 3.63) is 27.6 Å². The first-order valence-corrected chi connectivity index (χ1v) is 9.44. The lowest BCUT2D eigenvalue weighted by Crippen LogP contribution is -2.29. The molecule has 0 atom stereocenters. The number of rotatable bonds is 7. The Hall–Kier alpha value is -1.73. The van der Waals surface area contributed by atoms with Gasteiger partial charge >= 0.3 is 5.97 Å². The first kappa shape index (κ1) is 17.1. The van der Waals surface area contributed by atoms with Gasteiger partial charge in [0.2, 0.25) is 0 Å². The van der Waals surface area contributed by atoms with Crippen molar-refractivity contribution < 1.29 is 9.53 Å². The fourth-order valence-electron chi connectivity index (χ4n) is 2.92. The molecule has 0 N–H and O–H groups in total. The average Bonchev–Trinajstić information content (AvgIpc) is 3.24. The monoisotopic (exact) mass is 349 g/mol. The lowest BCUT2D eigenvalue weighted by atomic mass is 10.2. The van der Waals surface area contributed by atoms with E-state index >= 15 is 0 Å². The number of hydrogen-bond donors (Lipinski definition) is 0. The van der Waals surface area contributed by atoms with Gasteiger partial charge in [-0.25, -0.2) is 9.78 Å². The van der Waals surface area contributed by atoms with Crippen molar-refractivity contribution in [3.8, 4) is 0 Å². The summed E-state index contributed by atoms with van der Waals surface area (Å²) in [5.41, 5.74) is 0.196. The highest BCUT2D eigenvalue weighted by Crippen LogP contribution is 2.21. The molecule has 0 radical (unpaired) electrons. The third kappa shape index (κ3) is 3.67. The minimum Gasteiger partial charge on any atom is -0.462 e. The van der Waals surface area contributed by atoms with Gasteiger partial charge in [0.15, 0.2) is 0 Å². The highest BCUT2D eigenvalue weighted by Gasteiger charge is 2.19. The Morgan fingerprint density at radius 3 is 2.88 bits per heavy atom. The molecule has 0 saturated carbocycles. The predicted molar refractivity (Wildman–Crippen MR) is 94.7 cm³/mol. The van der Waals surface area contributed by atoms with E-state index in [1.165, 1.54) is 24.2 Å². The largest absolute Gasteiger partial charge is 0.462 e. The second-order valence-corrected chi connectivity index (χ2v) is 6.97. The summed E-state index contributed by atoms with van der Waals surface area (Å²) in [4.78, 5) is 32.3. The summed E-state index contributed by atoms with van der Waals surface area (Å²) >= 11 is 1.31. The third-order valence-corrected chi connectivity index (χ3v) is 5.25. The second-order valence-electron chi connectivity index (χ2n) is 6.11. The van der Waals surface area contributed by atoms with E-state index in [1.807, 2.05) is 6.92 Å². The summed E-state index contributed by atoms with van der Waals surface area (Å²) < 4.78 is 6.86. The molecule has 7 heteroatoms. The second kappa shape index (κ2) is 7.90. The number of nitrogens with zero attached hydrogens (tertiary/aromatic N) is 3. The molecule has 1 fully saturated rings. The third-order valence-electron chi connectivity index (χ3n) is 4.37. The van der Waals surface area contributed by atoms with Crippen LogP contribution in [0.4, 0.5) is 0 Å². The normalized spacial score (nSPS) is 15.2. The maximum Gasteiger partial charge on any atom is 0.339 e. The zero-order valence-corrected chi connectivity index (χ0v) is 14.8. The van der Waals surface area contributed by atoms with E-state index in [-0.39, 0.29) is 5.56 Å². The van der Waals surface area contributed by atoms with Crippen molar-refractivity contribution in [1.29, 1.82) is 0 Å². The number of esters is 1. The number of fused-ring (bicyclic) bond motifs is 1. The molecule has 6 nitrogen and oxygen atoms in total.